The van der Waals surface area contributed by atoms with E-state index in [-0.39, 0.29) is 0 Å². The minimum atomic E-state index is 0.548. The van der Waals surface area contributed by atoms with Crippen molar-refractivity contribution in [1.29, 1.82) is 0 Å². The van der Waals surface area contributed by atoms with Gasteiger partial charge in [0.05, 0.1) is 41.2 Å². The zero-order valence-corrected chi connectivity index (χ0v) is 19.9. The van der Waals surface area contributed by atoms with Crippen molar-refractivity contribution in [3.8, 4) is 28.7 Å². The van der Waals surface area contributed by atoms with Crippen molar-refractivity contribution < 1.29 is 23.7 Å². The number of anilines is 1. The highest BCUT2D eigenvalue weighted by Gasteiger charge is 2.14. The molecule has 0 heterocycles. The summed E-state index contributed by atoms with van der Waals surface area (Å²) in [5, 5.41) is 0. The number of benzene rings is 2. The molecule has 0 fully saturated rings. The highest BCUT2D eigenvalue weighted by atomic mass is 32.2. The summed E-state index contributed by atoms with van der Waals surface area (Å²) in [6.45, 7) is 7.54. The molecule has 0 saturated carbocycles. The number of ether oxygens (including phenoxy) is 5. The second-order valence-corrected chi connectivity index (χ2v) is 7.19. The normalized spacial score (nSPS) is 11.1. The topological polar surface area (TPSA) is 58.2 Å². The first-order valence-electron chi connectivity index (χ1n) is 9.67. The van der Waals surface area contributed by atoms with Crippen molar-refractivity contribution in [3.05, 3.63) is 71.7 Å². The SMILES string of the molecule is C=C/C=C(\C=C)SNc1cc(/C=C\c2cc(OC)c(OC)c(OC)c2)cc(OC)c1OC. The predicted molar refractivity (Wildman–Crippen MR) is 134 cm³/mol. The van der Waals surface area contributed by atoms with Crippen molar-refractivity contribution in [2.45, 2.75) is 0 Å². The maximum atomic E-state index is 5.56. The zero-order chi connectivity index (χ0) is 23.5. The first-order chi connectivity index (χ1) is 15.5. The molecule has 2 rings (SSSR count). The van der Waals surface area contributed by atoms with Crippen molar-refractivity contribution in [3.63, 3.8) is 0 Å². The standard InChI is InChI=1S/C25H29NO5S/c1-8-10-19(9-2)32-26-20-13-17(14-21(27-3)24(20)30-6)11-12-18-15-22(28-4)25(31-7)23(16-18)29-5/h8-16,26H,1-2H2,3-7H3/b12-11-,19-10+. The molecule has 32 heavy (non-hydrogen) atoms. The number of hydrogen-bond donors (Lipinski definition) is 1. The van der Waals surface area contributed by atoms with E-state index in [2.05, 4.69) is 17.9 Å². The van der Waals surface area contributed by atoms with Crippen molar-refractivity contribution in [2.24, 2.45) is 0 Å². The molecule has 0 aromatic heterocycles. The van der Waals surface area contributed by atoms with E-state index in [1.807, 2.05) is 42.5 Å². The van der Waals surface area contributed by atoms with E-state index in [9.17, 15) is 0 Å². The molecular weight excluding hydrogens is 426 g/mol. The average Bonchev–Trinajstić information content (AvgIpc) is 2.83. The van der Waals surface area contributed by atoms with Crippen LogP contribution in [0.1, 0.15) is 11.1 Å². The Morgan fingerprint density at radius 1 is 0.750 bits per heavy atom. The lowest BCUT2D eigenvalue weighted by atomic mass is 10.1. The molecule has 0 atom stereocenters. The fraction of sp³-hybridized carbons (Fsp3) is 0.200. The van der Waals surface area contributed by atoms with Crippen LogP contribution in [0.15, 0.2) is 60.6 Å². The second-order valence-electron chi connectivity index (χ2n) is 6.31. The Labute approximate surface area is 194 Å². The van der Waals surface area contributed by atoms with E-state index in [1.54, 1.807) is 47.7 Å². The molecule has 0 radical (unpaired) electrons. The largest absolute Gasteiger partial charge is 0.493 e. The molecule has 170 valence electrons. The fourth-order valence-corrected chi connectivity index (χ4v) is 3.55. The molecule has 0 aliphatic rings. The van der Waals surface area contributed by atoms with E-state index in [0.29, 0.717) is 28.7 Å². The smallest absolute Gasteiger partial charge is 0.203 e. The van der Waals surface area contributed by atoms with Crippen molar-refractivity contribution >= 4 is 29.8 Å². The first kappa shape index (κ1) is 24.8. The summed E-state index contributed by atoms with van der Waals surface area (Å²) in [6.07, 6.45) is 9.24. The second kappa shape index (κ2) is 12.4. The number of methoxy groups -OCH3 is 5. The van der Waals surface area contributed by atoms with Gasteiger partial charge in [0, 0.05) is 4.91 Å². The molecule has 0 amide bonds. The summed E-state index contributed by atoms with van der Waals surface area (Å²) in [7, 11) is 7.97. The van der Waals surface area contributed by atoms with Gasteiger partial charge in [0.1, 0.15) is 0 Å². The third kappa shape index (κ3) is 6.04. The van der Waals surface area contributed by atoms with E-state index in [1.165, 1.54) is 11.9 Å². The molecule has 2 aromatic carbocycles. The van der Waals surface area contributed by atoms with Gasteiger partial charge >= 0.3 is 0 Å². The van der Waals surface area contributed by atoms with Gasteiger partial charge in [0.2, 0.25) is 5.75 Å². The molecule has 0 aliphatic carbocycles. The van der Waals surface area contributed by atoms with E-state index in [4.69, 9.17) is 23.7 Å². The quantitative estimate of drug-likeness (QED) is 0.232. The number of nitrogens with one attached hydrogen (secondary N) is 1. The lowest BCUT2D eigenvalue weighted by Gasteiger charge is -2.15. The van der Waals surface area contributed by atoms with Crippen LogP contribution in [0.5, 0.6) is 28.7 Å². The van der Waals surface area contributed by atoms with Crippen LogP contribution in [-0.4, -0.2) is 35.5 Å². The molecule has 0 bridgehead atoms. The van der Waals surface area contributed by atoms with Gasteiger partial charge in [-0.2, -0.15) is 0 Å². The highest BCUT2D eigenvalue weighted by molar-refractivity contribution is 8.04. The molecule has 1 N–H and O–H groups in total. The molecule has 7 heteroatoms. The molecule has 0 unspecified atom stereocenters. The Balaban J connectivity index is 2.43. The zero-order valence-electron chi connectivity index (χ0n) is 19.1. The highest BCUT2D eigenvalue weighted by Crippen LogP contribution is 2.40. The van der Waals surface area contributed by atoms with Gasteiger partial charge in [-0.25, -0.2) is 0 Å². The van der Waals surface area contributed by atoms with Crippen LogP contribution < -0.4 is 28.4 Å². The van der Waals surface area contributed by atoms with E-state index < -0.39 is 0 Å². The van der Waals surface area contributed by atoms with Crippen LogP contribution >= 0.6 is 11.9 Å². The van der Waals surface area contributed by atoms with Crippen LogP contribution in [0.25, 0.3) is 12.2 Å². The summed E-state index contributed by atoms with van der Waals surface area (Å²) in [5.41, 5.74) is 2.56. The van der Waals surface area contributed by atoms with Crippen LogP contribution in [-0.2, 0) is 0 Å². The molecule has 0 spiro atoms. The predicted octanol–water partition coefficient (Wildman–Crippen LogP) is 6.22. The van der Waals surface area contributed by atoms with Gasteiger partial charge in [-0.05, 0) is 53.4 Å². The average molecular weight is 456 g/mol. The first-order valence-corrected chi connectivity index (χ1v) is 10.5. The van der Waals surface area contributed by atoms with E-state index >= 15 is 0 Å². The molecule has 0 saturated heterocycles. The molecule has 2 aromatic rings. The summed E-state index contributed by atoms with van der Waals surface area (Å²) >= 11 is 1.40. The third-order valence-corrected chi connectivity index (χ3v) is 5.28. The Hall–Kier alpha value is -3.45. The van der Waals surface area contributed by atoms with Gasteiger partial charge in [0.25, 0.3) is 0 Å². The lowest BCUT2D eigenvalue weighted by molar-refractivity contribution is 0.324. The molecule has 0 aliphatic heterocycles. The minimum absolute atomic E-state index is 0.548. The number of hydrogen-bond acceptors (Lipinski definition) is 7. The summed E-state index contributed by atoms with van der Waals surface area (Å²) in [5.74, 6) is 2.93. The van der Waals surface area contributed by atoms with Gasteiger partial charge in [-0.15, -0.1) is 0 Å². The summed E-state index contributed by atoms with van der Waals surface area (Å²) in [6, 6.07) is 7.63. The third-order valence-electron chi connectivity index (χ3n) is 4.42. The van der Waals surface area contributed by atoms with Crippen molar-refractivity contribution in [2.75, 3.05) is 40.3 Å². The lowest BCUT2D eigenvalue weighted by Crippen LogP contribution is -1.97. The number of allylic oxidation sites excluding steroid dienone is 3. The maximum absolute atomic E-state index is 5.56. The van der Waals surface area contributed by atoms with Gasteiger partial charge in [0.15, 0.2) is 23.0 Å². The minimum Gasteiger partial charge on any atom is -0.493 e. The molecule has 6 nitrogen and oxygen atoms in total. The number of rotatable bonds is 12. The van der Waals surface area contributed by atoms with Crippen LogP contribution in [0.4, 0.5) is 5.69 Å². The summed E-state index contributed by atoms with van der Waals surface area (Å²) in [4.78, 5) is 0.916. The Morgan fingerprint density at radius 3 is 1.69 bits per heavy atom. The van der Waals surface area contributed by atoms with E-state index in [0.717, 1.165) is 21.7 Å². The maximum Gasteiger partial charge on any atom is 0.203 e. The van der Waals surface area contributed by atoms with Gasteiger partial charge in [-0.1, -0.05) is 37.5 Å². The monoisotopic (exact) mass is 455 g/mol. The van der Waals surface area contributed by atoms with Crippen LogP contribution in [0, 0.1) is 0 Å². The Morgan fingerprint density at radius 2 is 1.25 bits per heavy atom. The van der Waals surface area contributed by atoms with Crippen LogP contribution in [0.2, 0.25) is 0 Å². The van der Waals surface area contributed by atoms with Crippen LogP contribution in [0.3, 0.4) is 0 Å². The Bertz CT molecular complexity index is 989. The van der Waals surface area contributed by atoms with Gasteiger partial charge < -0.3 is 28.4 Å². The molecular formula is C25H29NO5S. The van der Waals surface area contributed by atoms with Gasteiger partial charge in [-0.3, -0.25) is 0 Å². The Kier molecular flexibility index (Phi) is 9.63. The fourth-order valence-electron chi connectivity index (χ4n) is 2.92. The summed E-state index contributed by atoms with van der Waals surface area (Å²) < 4.78 is 30.7. The van der Waals surface area contributed by atoms with Crippen molar-refractivity contribution in [1.82, 2.24) is 0 Å².